The van der Waals surface area contributed by atoms with E-state index in [4.69, 9.17) is 9.15 Å². The Morgan fingerprint density at radius 3 is 2.84 bits per heavy atom. The van der Waals surface area contributed by atoms with Crippen molar-refractivity contribution in [2.24, 2.45) is 0 Å². The first-order valence-electron chi connectivity index (χ1n) is 6.07. The Morgan fingerprint density at radius 1 is 1.32 bits per heavy atom. The maximum Gasteiger partial charge on any atom is 0.211 e. The van der Waals surface area contributed by atoms with Crippen molar-refractivity contribution in [3.8, 4) is 5.75 Å². The molecular weight excluding hydrogens is 242 g/mol. The van der Waals surface area contributed by atoms with Gasteiger partial charge in [0.05, 0.1) is 19.9 Å². The molecule has 0 radical (unpaired) electrons. The lowest BCUT2D eigenvalue weighted by Gasteiger charge is -2.15. The van der Waals surface area contributed by atoms with Crippen LogP contribution in [-0.2, 0) is 6.54 Å². The van der Waals surface area contributed by atoms with E-state index in [1.54, 1.807) is 19.2 Å². The van der Waals surface area contributed by atoms with E-state index in [0.717, 1.165) is 11.3 Å². The average Bonchev–Trinajstić information content (AvgIpc) is 2.92. The van der Waals surface area contributed by atoms with Crippen molar-refractivity contribution >= 4 is 5.78 Å². The SMILES string of the molecule is COc1cccc(CN(C)CC(=O)c2ccco2)c1. The predicted molar refractivity (Wildman–Crippen MR) is 72.4 cm³/mol. The zero-order valence-corrected chi connectivity index (χ0v) is 11.1. The highest BCUT2D eigenvalue weighted by atomic mass is 16.5. The molecule has 4 nitrogen and oxygen atoms in total. The molecule has 0 spiro atoms. The predicted octanol–water partition coefficient (Wildman–Crippen LogP) is 2.60. The Morgan fingerprint density at radius 2 is 2.16 bits per heavy atom. The monoisotopic (exact) mass is 259 g/mol. The van der Waals surface area contributed by atoms with Crippen molar-refractivity contribution in [2.45, 2.75) is 6.54 Å². The van der Waals surface area contributed by atoms with E-state index in [1.807, 2.05) is 36.2 Å². The number of hydrogen-bond donors (Lipinski definition) is 0. The molecule has 0 aliphatic heterocycles. The first-order chi connectivity index (χ1) is 9.19. The zero-order chi connectivity index (χ0) is 13.7. The van der Waals surface area contributed by atoms with E-state index in [-0.39, 0.29) is 5.78 Å². The summed E-state index contributed by atoms with van der Waals surface area (Å²) in [4.78, 5) is 13.8. The molecule has 1 aromatic carbocycles. The third-order valence-corrected chi connectivity index (χ3v) is 2.80. The number of hydrogen-bond acceptors (Lipinski definition) is 4. The van der Waals surface area contributed by atoms with E-state index in [0.29, 0.717) is 18.8 Å². The molecule has 0 aliphatic rings. The van der Waals surface area contributed by atoms with Gasteiger partial charge in [0.15, 0.2) is 5.76 Å². The van der Waals surface area contributed by atoms with E-state index in [2.05, 4.69) is 0 Å². The fourth-order valence-electron chi connectivity index (χ4n) is 1.90. The summed E-state index contributed by atoms with van der Waals surface area (Å²) in [6, 6.07) is 11.2. The Labute approximate surface area is 112 Å². The van der Waals surface area contributed by atoms with Crippen LogP contribution in [0.5, 0.6) is 5.75 Å². The van der Waals surface area contributed by atoms with Gasteiger partial charge in [-0.3, -0.25) is 9.69 Å². The van der Waals surface area contributed by atoms with Gasteiger partial charge in [0.1, 0.15) is 5.75 Å². The molecule has 0 N–H and O–H groups in total. The van der Waals surface area contributed by atoms with Crippen molar-refractivity contribution in [3.63, 3.8) is 0 Å². The van der Waals surface area contributed by atoms with Gasteiger partial charge in [-0.05, 0) is 36.9 Å². The Bertz CT molecular complexity index is 534. The Kier molecular flexibility index (Phi) is 4.36. The number of furan rings is 1. The molecule has 0 fully saturated rings. The van der Waals surface area contributed by atoms with E-state index in [1.165, 1.54) is 6.26 Å². The molecular formula is C15H17NO3. The van der Waals surface area contributed by atoms with E-state index >= 15 is 0 Å². The molecule has 4 heteroatoms. The molecule has 100 valence electrons. The highest BCUT2D eigenvalue weighted by Crippen LogP contribution is 2.14. The van der Waals surface area contributed by atoms with Crippen LogP contribution >= 0.6 is 0 Å². The maximum absolute atomic E-state index is 11.9. The van der Waals surface area contributed by atoms with Gasteiger partial charge in [-0.2, -0.15) is 0 Å². The molecule has 2 rings (SSSR count). The number of carbonyl (C=O) groups excluding carboxylic acids is 1. The molecule has 0 unspecified atom stereocenters. The molecule has 0 saturated carbocycles. The number of methoxy groups -OCH3 is 1. The lowest BCUT2D eigenvalue weighted by atomic mass is 10.2. The smallest absolute Gasteiger partial charge is 0.211 e. The van der Waals surface area contributed by atoms with Crippen LogP contribution in [0.1, 0.15) is 16.1 Å². The van der Waals surface area contributed by atoms with Gasteiger partial charge in [-0.1, -0.05) is 12.1 Å². The van der Waals surface area contributed by atoms with Gasteiger partial charge in [0.2, 0.25) is 5.78 Å². The highest BCUT2D eigenvalue weighted by Gasteiger charge is 2.12. The van der Waals surface area contributed by atoms with Crippen LogP contribution in [-0.4, -0.2) is 31.4 Å². The summed E-state index contributed by atoms with van der Waals surface area (Å²) >= 11 is 0. The number of ether oxygens (including phenoxy) is 1. The number of carbonyl (C=O) groups is 1. The second-order valence-corrected chi connectivity index (χ2v) is 4.42. The average molecular weight is 259 g/mol. The first-order valence-corrected chi connectivity index (χ1v) is 6.07. The number of likely N-dealkylation sites (N-methyl/N-ethyl adjacent to an activating group) is 1. The molecule has 0 aliphatic carbocycles. The third-order valence-electron chi connectivity index (χ3n) is 2.80. The quantitative estimate of drug-likeness (QED) is 0.748. The lowest BCUT2D eigenvalue weighted by Crippen LogP contribution is -2.25. The summed E-state index contributed by atoms with van der Waals surface area (Å²) in [5.41, 5.74) is 1.11. The number of rotatable bonds is 6. The first kappa shape index (κ1) is 13.4. The standard InChI is InChI=1S/C15H17NO3/c1-16(11-14(17)15-7-4-8-19-15)10-12-5-3-6-13(9-12)18-2/h3-9H,10-11H2,1-2H3. The van der Waals surface area contributed by atoms with Gasteiger partial charge >= 0.3 is 0 Å². The topological polar surface area (TPSA) is 42.7 Å². The van der Waals surface area contributed by atoms with Crippen LogP contribution in [0, 0.1) is 0 Å². The van der Waals surface area contributed by atoms with Gasteiger partial charge in [-0.15, -0.1) is 0 Å². The fraction of sp³-hybridized carbons (Fsp3) is 0.267. The van der Waals surface area contributed by atoms with E-state index < -0.39 is 0 Å². The molecule has 0 atom stereocenters. The second-order valence-electron chi connectivity index (χ2n) is 4.42. The number of nitrogens with zero attached hydrogens (tertiary/aromatic N) is 1. The molecule has 1 aromatic heterocycles. The Balaban J connectivity index is 1.93. The van der Waals surface area contributed by atoms with Crippen LogP contribution in [0.15, 0.2) is 47.1 Å². The lowest BCUT2D eigenvalue weighted by molar-refractivity contribution is 0.0915. The van der Waals surface area contributed by atoms with Gasteiger partial charge in [0.25, 0.3) is 0 Å². The normalized spacial score (nSPS) is 10.7. The van der Waals surface area contributed by atoms with Crippen molar-refractivity contribution < 1.29 is 13.9 Å². The van der Waals surface area contributed by atoms with Crippen LogP contribution in [0.4, 0.5) is 0 Å². The molecule has 1 heterocycles. The fourth-order valence-corrected chi connectivity index (χ4v) is 1.90. The number of Topliss-reactive ketones (excluding diaryl/α,β-unsaturated/α-hetero) is 1. The van der Waals surface area contributed by atoms with Crippen molar-refractivity contribution in [2.75, 3.05) is 20.7 Å². The van der Waals surface area contributed by atoms with Crippen LogP contribution in [0.25, 0.3) is 0 Å². The van der Waals surface area contributed by atoms with Crippen molar-refractivity contribution in [1.82, 2.24) is 4.90 Å². The van der Waals surface area contributed by atoms with E-state index in [9.17, 15) is 4.79 Å². The van der Waals surface area contributed by atoms with Crippen LogP contribution in [0.3, 0.4) is 0 Å². The summed E-state index contributed by atoms with van der Waals surface area (Å²) in [6.07, 6.45) is 1.51. The molecule has 0 bridgehead atoms. The zero-order valence-electron chi connectivity index (χ0n) is 11.1. The third kappa shape index (κ3) is 3.69. The van der Waals surface area contributed by atoms with Gasteiger partial charge in [0, 0.05) is 6.54 Å². The number of ketones is 1. The summed E-state index contributed by atoms with van der Waals surface area (Å²) in [5, 5.41) is 0. The minimum Gasteiger partial charge on any atom is -0.497 e. The molecule has 0 saturated heterocycles. The number of benzene rings is 1. The van der Waals surface area contributed by atoms with Gasteiger partial charge < -0.3 is 9.15 Å². The summed E-state index contributed by atoms with van der Waals surface area (Å²) in [7, 11) is 3.55. The van der Waals surface area contributed by atoms with Crippen LogP contribution in [0.2, 0.25) is 0 Å². The summed E-state index contributed by atoms with van der Waals surface area (Å²) in [5.74, 6) is 1.20. The van der Waals surface area contributed by atoms with Gasteiger partial charge in [-0.25, -0.2) is 0 Å². The summed E-state index contributed by atoms with van der Waals surface area (Å²) in [6.45, 7) is 1.01. The second kappa shape index (κ2) is 6.20. The van der Waals surface area contributed by atoms with Crippen LogP contribution < -0.4 is 4.74 Å². The maximum atomic E-state index is 11.9. The highest BCUT2D eigenvalue weighted by molar-refractivity contribution is 5.94. The largest absolute Gasteiger partial charge is 0.497 e. The molecule has 19 heavy (non-hydrogen) atoms. The minimum atomic E-state index is -0.0182. The van der Waals surface area contributed by atoms with Crippen molar-refractivity contribution in [1.29, 1.82) is 0 Å². The minimum absolute atomic E-state index is 0.0182. The Hall–Kier alpha value is -2.07. The summed E-state index contributed by atoms with van der Waals surface area (Å²) < 4.78 is 10.3. The molecule has 0 amide bonds. The van der Waals surface area contributed by atoms with Crippen molar-refractivity contribution in [3.05, 3.63) is 54.0 Å². The molecule has 2 aromatic rings.